The van der Waals surface area contributed by atoms with Crippen LogP contribution in [0.25, 0.3) is 0 Å². The minimum Gasteiger partial charge on any atom is -0.354 e. The van der Waals surface area contributed by atoms with Gasteiger partial charge in [-0.05, 0) is 57.2 Å². The number of aromatic nitrogens is 1. The number of nitrogens with one attached hydrogen (secondary N) is 1. The topological polar surface area (TPSA) is 54.3 Å². The highest BCUT2D eigenvalue weighted by Gasteiger charge is 2.36. The zero-order valence-corrected chi connectivity index (χ0v) is 18.4. The highest BCUT2D eigenvalue weighted by atomic mass is 16.1. The molecule has 3 rings (SSSR count). The lowest BCUT2D eigenvalue weighted by Gasteiger charge is -2.32. The SMILES string of the molecule is CCCn1c(C)c(CC(=O)NC[C@H]2CCCCN2C)c2c1CC(C)(C)CC2=O. The predicted molar refractivity (Wildman–Crippen MR) is 113 cm³/mol. The summed E-state index contributed by atoms with van der Waals surface area (Å²) in [6.07, 6.45) is 6.44. The standard InChI is InChI=1S/C23H37N3O2/c1-6-10-26-16(2)18(22-19(26)13-23(3,4)14-20(22)27)12-21(28)24-15-17-9-7-8-11-25(17)5/h17H,6-15H2,1-5H3,(H,24,28)/t17-/m1/s1. The third kappa shape index (κ3) is 4.35. The molecule has 1 atom stereocenters. The van der Waals surface area contributed by atoms with E-state index in [2.05, 4.69) is 49.5 Å². The monoisotopic (exact) mass is 387 g/mol. The number of likely N-dealkylation sites (N-methyl/N-ethyl adjacent to an activating group) is 1. The zero-order chi connectivity index (χ0) is 20.5. The number of piperidine rings is 1. The molecule has 28 heavy (non-hydrogen) atoms. The lowest BCUT2D eigenvalue weighted by Crippen LogP contribution is -2.44. The summed E-state index contributed by atoms with van der Waals surface area (Å²) in [6, 6.07) is 0.430. The van der Waals surface area contributed by atoms with Crippen molar-refractivity contribution in [2.24, 2.45) is 5.41 Å². The van der Waals surface area contributed by atoms with Crippen molar-refractivity contribution in [3.05, 3.63) is 22.5 Å². The van der Waals surface area contributed by atoms with Crippen LogP contribution < -0.4 is 5.32 Å². The number of carbonyl (C=O) groups excluding carboxylic acids is 2. The van der Waals surface area contributed by atoms with Crippen molar-refractivity contribution in [3.8, 4) is 0 Å². The normalized spacial score (nSPS) is 22.2. The Labute approximate surface area is 169 Å². The van der Waals surface area contributed by atoms with E-state index in [1.807, 2.05) is 0 Å². The molecule has 2 heterocycles. The van der Waals surface area contributed by atoms with Gasteiger partial charge < -0.3 is 14.8 Å². The smallest absolute Gasteiger partial charge is 0.224 e. The van der Waals surface area contributed by atoms with E-state index in [1.165, 1.54) is 12.8 Å². The van der Waals surface area contributed by atoms with Gasteiger partial charge in [-0.15, -0.1) is 0 Å². The van der Waals surface area contributed by atoms with Gasteiger partial charge in [-0.2, -0.15) is 0 Å². The number of amides is 1. The maximum atomic E-state index is 13.0. The Hall–Kier alpha value is -1.62. The summed E-state index contributed by atoms with van der Waals surface area (Å²) < 4.78 is 2.30. The first kappa shape index (κ1) is 21.1. The van der Waals surface area contributed by atoms with Crippen LogP contribution in [0, 0.1) is 12.3 Å². The molecule has 5 nitrogen and oxygen atoms in total. The molecule has 1 saturated heterocycles. The zero-order valence-electron chi connectivity index (χ0n) is 18.4. The van der Waals surface area contributed by atoms with Gasteiger partial charge in [-0.3, -0.25) is 9.59 Å². The van der Waals surface area contributed by atoms with E-state index in [0.29, 0.717) is 25.4 Å². The molecule has 1 aromatic heterocycles. The molecule has 156 valence electrons. The number of hydrogen-bond acceptors (Lipinski definition) is 3. The van der Waals surface area contributed by atoms with Gasteiger partial charge in [0.25, 0.3) is 0 Å². The molecule has 0 spiro atoms. The molecule has 0 bridgehead atoms. The van der Waals surface area contributed by atoms with Gasteiger partial charge in [0.15, 0.2) is 5.78 Å². The van der Waals surface area contributed by atoms with Crippen molar-refractivity contribution < 1.29 is 9.59 Å². The third-order valence-electron chi connectivity index (χ3n) is 6.56. The van der Waals surface area contributed by atoms with E-state index < -0.39 is 0 Å². The van der Waals surface area contributed by atoms with Crippen molar-refractivity contribution in [3.63, 3.8) is 0 Å². The molecule has 1 aliphatic heterocycles. The number of ketones is 1. The van der Waals surface area contributed by atoms with Gasteiger partial charge in [0.1, 0.15) is 0 Å². The number of fused-ring (bicyclic) bond motifs is 1. The fraction of sp³-hybridized carbons (Fsp3) is 0.739. The number of hydrogen-bond donors (Lipinski definition) is 1. The van der Waals surface area contributed by atoms with Crippen molar-refractivity contribution >= 4 is 11.7 Å². The van der Waals surface area contributed by atoms with Crippen LogP contribution in [0.15, 0.2) is 0 Å². The van der Waals surface area contributed by atoms with Crippen molar-refractivity contribution in [1.82, 2.24) is 14.8 Å². The quantitative estimate of drug-likeness (QED) is 0.813. The number of likely N-dealkylation sites (tertiary alicyclic amines) is 1. The summed E-state index contributed by atoms with van der Waals surface area (Å²) >= 11 is 0. The Morgan fingerprint density at radius 1 is 1.25 bits per heavy atom. The second kappa shape index (κ2) is 8.40. The Morgan fingerprint density at radius 2 is 2.00 bits per heavy atom. The fourth-order valence-corrected chi connectivity index (χ4v) is 5.01. The molecule has 1 N–H and O–H groups in total. The van der Waals surface area contributed by atoms with E-state index in [9.17, 15) is 9.59 Å². The molecular formula is C23H37N3O2. The second-order valence-electron chi connectivity index (χ2n) is 9.59. The Kier molecular flexibility index (Phi) is 6.33. The van der Waals surface area contributed by atoms with Crippen LogP contribution in [0.2, 0.25) is 0 Å². The van der Waals surface area contributed by atoms with Gasteiger partial charge in [-0.1, -0.05) is 27.2 Å². The molecule has 1 aromatic rings. The summed E-state index contributed by atoms with van der Waals surface area (Å²) in [5.41, 5.74) is 4.04. The molecule has 0 saturated carbocycles. The van der Waals surface area contributed by atoms with Crippen LogP contribution in [0.4, 0.5) is 0 Å². The first-order valence-corrected chi connectivity index (χ1v) is 10.9. The molecule has 0 unspecified atom stereocenters. The van der Waals surface area contributed by atoms with Gasteiger partial charge in [0.2, 0.25) is 5.91 Å². The van der Waals surface area contributed by atoms with E-state index in [0.717, 1.165) is 54.9 Å². The van der Waals surface area contributed by atoms with Gasteiger partial charge in [0.05, 0.1) is 6.42 Å². The molecule has 5 heteroatoms. The molecule has 1 aliphatic carbocycles. The Bertz CT molecular complexity index is 748. The maximum Gasteiger partial charge on any atom is 0.224 e. The molecular weight excluding hydrogens is 350 g/mol. The summed E-state index contributed by atoms with van der Waals surface area (Å²) in [7, 11) is 2.14. The largest absolute Gasteiger partial charge is 0.354 e. The Morgan fingerprint density at radius 3 is 2.68 bits per heavy atom. The number of Topliss-reactive ketones (excluding diaryl/α,β-unsaturated/α-hetero) is 1. The highest BCUT2D eigenvalue weighted by molar-refractivity contribution is 6.01. The van der Waals surface area contributed by atoms with E-state index >= 15 is 0 Å². The van der Waals surface area contributed by atoms with Crippen molar-refractivity contribution in [1.29, 1.82) is 0 Å². The summed E-state index contributed by atoms with van der Waals surface area (Å²) in [5, 5.41) is 3.14. The molecule has 0 radical (unpaired) electrons. The lowest BCUT2D eigenvalue weighted by atomic mass is 9.75. The van der Waals surface area contributed by atoms with Crippen LogP contribution in [0.3, 0.4) is 0 Å². The van der Waals surface area contributed by atoms with Gasteiger partial charge >= 0.3 is 0 Å². The second-order valence-corrected chi connectivity index (χ2v) is 9.59. The summed E-state index contributed by atoms with van der Waals surface area (Å²) in [5.74, 6) is 0.246. The van der Waals surface area contributed by atoms with E-state index in [1.54, 1.807) is 0 Å². The summed E-state index contributed by atoms with van der Waals surface area (Å²) in [4.78, 5) is 28.1. The predicted octanol–water partition coefficient (Wildman–Crippen LogP) is 3.50. The average molecular weight is 388 g/mol. The Balaban J connectivity index is 1.78. The van der Waals surface area contributed by atoms with Crippen LogP contribution in [0.5, 0.6) is 0 Å². The summed E-state index contributed by atoms with van der Waals surface area (Å²) in [6.45, 7) is 11.3. The van der Waals surface area contributed by atoms with Crippen LogP contribution in [-0.2, 0) is 24.2 Å². The van der Waals surface area contributed by atoms with Crippen LogP contribution in [-0.4, -0.2) is 47.3 Å². The minimum absolute atomic E-state index is 0.00847. The molecule has 0 aromatic carbocycles. The first-order chi connectivity index (χ1) is 13.2. The number of rotatable bonds is 6. The molecule has 1 fully saturated rings. The van der Waals surface area contributed by atoms with Gasteiger partial charge in [0, 0.05) is 42.5 Å². The average Bonchev–Trinajstić information content (AvgIpc) is 2.86. The van der Waals surface area contributed by atoms with E-state index in [-0.39, 0.29) is 17.1 Å². The molecule has 1 amide bonds. The number of nitrogens with zero attached hydrogens (tertiary/aromatic N) is 2. The number of carbonyl (C=O) groups is 2. The van der Waals surface area contributed by atoms with Crippen molar-refractivity contribution in [2.45, 2.75) is 85.2 Å². The fourth-order valence-electron chi connectivity index (χ4n) is 5.01. The third-order valence-corrected chi connectivity index (χ3v) is 6.56. The highest BCUT2D eigenvalue weighted by Crippen LogP contribution is 2.39. The minimum atomic E-state index is -0.00847. The first-order valence-electron chi connectivity index (χ1n) is 10.9. The lowest BCUT2D eigenvalue weighted by molar-refractivity contribution is -0.120. The van der Waals surface area contributed by atoms with Gasteiger partial charge in [-0.25, -0.2) is 0 Å². The maximum absolute atomic E-state index is 13.0. The van der Waals surface area contributed by atoms with Crippen LogP contribution >= 0.6 is 0 Å². The van der Waals surface area contributed by atoms with Crippen molar-refractivity contribution in [2.75, 3.05) is 20.1 Å². The van der Waals surface area contributed by atoms with E-state index in [4.69, 9.17) is 0 Å². The van der Waals surface area contributed by atoms with Crippen LogP contribution in [0.1, 0.15) is 80.2 Å². The molecule has 2 aliphatic rings.